The molecule has 2 rings (SSSR count). The van der Waals surface area contributed by atoms with E-state index in [0.29, 0.717) is 6.42 Å². The number of ether oxygens (including phenoxy) is 1. The number of hydrogen-bond donors (Lipinski definition) is 3. The molecule has 17 heavy (non-hydrogen) atoms. The highest BCUT2D eigenvalue weighted by molar-refractivity contribution is 6.02. The van der Waals surface area contributed by atoms with Gasteiger partial charge in [0.2, 0.25) is 0 Å². The van der Waals surface area contributed by atoms with E-state index in [1.807, 2.05) is 6.92 Å². The Kier molecular flexibility index (Phi) is 2.53. The van der Waals surface area contributed by atoms with Crippen LogP contribution in [0.1, 0.15) is 37.2 Å². The molecule has 0 fully saturated rings. The van der Waals surface area contributed by atoms with Gasteiger partial charge in [-0.15, -0.1) is 0 Å². The summed E-state index contributed by atoms with van der Waals surface area (Å²) in [5, 5.41) is 17.5. The standard InChI is InChI=1S/C10H13N3O4/c1-3-4-10(2)9(16)11-7-6(17-10)5(8(14)15)12-13-7/h3-4H2,1-2H3,(H,14,15)(H2,11,12,13,16). The Morgan fingerprint density at radius 1 is 1.59 bits per heavy atom. The number of H-pyrrole nitrogens is 1. The average Bonchev–Trinajstić information content (AvgIpc) is 2.61. The van der Waals surface area contributed by atoms with Crippen LogP contribution in [0.5, 0.6) is 5.75 Å². The van der Waals surface area contributed by atoms with Gasteiger partial charge < -0.3 is 15.2 Å². The molecular formula is C10H13N3O4. The van der Waals surface area contributed by atoms with E-state index in [1.54, 1.807) is 6.92 Å². The number of carboxylic acids is 1. The zero-order chi connectivity index (χ0) is 12.6. The van der Waals surface area contributed by atoms with Crippen LogP contribution < -0.4 is 10.1 Å². The van der Waals surface area contributed by atoms with Gasteiger partial charge in [0, 0.05) is 0 Å². The number of rotatable bonds is 3. The Hall–Kier alpha value is -2.05. The maximum atomic E-state index is 11.8. The molecule has 1 aliphatic rings. The van der Waals surface area contributed by atoms with Crippen LogP contribution in [0.25, 0.3) is 0 Å². The maximum absolute atomic E-state index is 11.8. The number of aromatic carboxylic acids is 1. The summed E-state index contributed by atoms with van der Waals surface area (Å²) in [4.78, 5) is 22.7. The summed E-state index contributed by atoms with van der Waals surface area (Å²) < 4.78 is 5.52. The molecule has 2 heterocycles. The number of carbonyl (C=O) groups is 2. The fourth-order valence-corrected chi connectivity index (χ4v) is 1.81. The summed E-state index contributed by atoms with van der Waals surface area (Å²) in [5.41, 5.74) is -1.20. The van der Waals surface area contributed by atoms with E-state index < -0.39 is 11.6 Å². The zero-order valence-corrected chi connectivity index (χ0v) is 9.53. The number of anilines is 1. The number of aromatic nitrogens is 2. The highest BCUT2D eigenvalue weighted by Gasteiger charge is 2.42. The van der Waals surface area contributed by atoms with Crippen molar-refractivity contribution in [3.05, 3.63) is 5.69 Å². The van der Waals surface area contributed by atoms with Gasteiger partial charge >= 0.3 is 5.97 Å². The monoisotopic (exact) mass is 239 g/mol. The second kappa shape index (κ2) is 3.76. The number of aromatic amines is 1. The molecule has 7 heteroatoms. The second-order valence-electron chi connectivity index (χ2n) is 4.12. The Balaban J connectivity index is 2.41. The predicted molar refractivity (Wildman–Crippen MR) is 58.1 cm³/mol. The van der Waals surface area contributed by atoms with Crippen LogP contribution in [-0.4, -0.2) is 32.8 Å². The number of nitrogens with one attached hydrogen (secondary N) is 2. The van der Waals surface area contributed by atoms with Gasteiger partial charge in [-0.25, -0.2) is 4.79 Å². The molecule has 0 bridgehead atoms. The van der Waals surface area contributed by atoms with E-state index in [2.05, 4.69) is 15.5 Å². The summed E-state index contributed by atoms with van der Waals surface area (Å²) in [5.74, 6) is -1.27. The summed E-state index contributed by atoms with van der Waals surface area (Å²) in [6.07, 6.45) is 1.25. The fourth-order valence-electron chi connectivity index (χ4n) is 1.81. The first-order valence-electron chi connectivity index (χ1n) is 5.30. The largest absolute Gasteiger partial charge is 0.476 e. The molecule has 1 aromatic heterocycles. The lowest BCUT2D eigenvalue weighted by atomic mass is 9.98. The Labute approximate surface area is 97.2 Å². The first kappa shape index (κ1) is 11.4. The van der Waals surface area contributed by atoms with Gasteiger partial charge in [0.1, 0.15) is 0 Å². The van der Waals surface area contributed by atoms with Gasteiger partial charge in [0.15, 0.2) is 22.9 Å². The van der Waals surface area contributed by atoms with E-state index in [0.717, 1.165) is 6.42 Å². The molecule has 0 aromatic carbocycles. The van der Waals surface area contributed by atoms with Crippen molar-refractivity contribution in [2.24, 2.45) is 0 Å². The van der Waals surface area contributed by atoms with Crippen molar-refractivity contribution in [3.8, 4) is 5.75 Å². The van der Waals surface area contributed by atoms with Gasteiger partial charge in [-0.3, -0.25) is 9.89 Å². The van der Waals surface area contributed by atoms with E-state index in [4.69, 9.17) is 9.84 Å². The SMILES string of the molecule is CCCC1(C)Oc2c(n[nH]c2C(=O)O)NC1=O. The van der Waals surface area contributed by atoms with Crippen molar-refractivity contribution in [2.45, 2.75) is 32.3 Å². The summed E-state index contributed by atoms with van der Waals surface area (Å²) in [6.45, 7) is 3.55. The lowest BCUT2D eigenvalue weighted by Gasteiger charge is -2.32. The number of hydrogen-bond acceptors (Lipinski definition) is 4. The predicted octanol–water partition coefficient (Wildman–Crippen LogP) is 0.998. The van der Waals surface area contributed by atoms with Gasteiger partial charge in [-0.1, -0.05) is 13.3 Å². The molecule has 0 radical (unpaired) electrons. The van der Waals surface area contributed by atoms with Crippen molar-refractivity contribution >= 4 is 17.7 Å². The maximum Gasteiger partial charge on any atom is 0.357 e. The Morgan fingerprint density at radius 3 is 2.88 bits per heavy atom. The van der Waals surface area contributed by atoms with Gasteiger partial charge in [0.25, 0.3) is 5.91 Å². The topological polar surface area (TPSA) is 104 Å². The van der Waals surface area contributed by atoms with Crippen LogP contribution >= 0.6 is 0 Å². The molecular weight excluding hydrogens is 226 g/mol. The van der Waals surface area contributed by atoms with Crippen LogP contribution in [-0.2, 0) is 4.79 Å². The zero-order valence-electron chi connectivity index (χ0n) is 9.53. The minimum atomic E-state index is -1.17. The third-order valence-electron chi connectivity index (χ3n) is 2.70. The van der Waals surface area contributed by atoms with Crippen LogP contribution in [0.3, 0.4) is 0 Å². The molecule has 7 nitrogen and oxygen atoms in total. The summed E-state index contributed by atoms with van der Waals surface area (Å²) in [6, 6.07) is 0. The molecule has 1 unspecified atom stereocenters. The van der Waals surface area contributed by atoms with Crippen molar-refractivity contribution in [1.29, 1.82) is 0 Å². The highest BCUT2D eigenvalue weighted by atomic mass is 16.5. The van der Waals surface area contributed by atoms with Gasteiger partial charge in [-0.05, 0) is 13.3 Å². The smallest absolute Gasteiger partial charge is 0.357 e. The molecule has 1 aliphatic heterocycles. The van der Waals surface area contributed by atoms with E-state index >= 15 is 0 Å². The summed E-state index contributed by atoms with van der Waals surface area (Å²) >= 11 is 0. The van der Waals surface area contributed by atoms with Crippen LogP contribution in [0, 0.1) is 0 Å². The minimum absolute atomic E-state index is 0.0908. The second-order valence-corrected chi connectivity index (χ2v) is 4.12. The van der Waals surface area contributed by atoms with Crippen molar-refractivity contribution in [2.75, 3.05) is 5.32 Å². The van der Waals surface area contributed by atoms with Crippen molar-refractivity contribution < 1.29 is 19.4 Å². The minimum Gasteiger partial charge on any atom is -0.476 e. The van der Waals surface area contributed by atoms with E-state index in [-0.39, 0.29) is 23.2 Å². The average molecular weight is 239 g/mol. The first-order chi connectivity index (χ1) is 7.98. The normalized spacial score (nSPS) is 22.6. The van der Waals surface area contributed by atoms with Crippen LogP contribution in [0.4, 0.5) is 5.82 Å². The van der Waals surface area contributed by atoms with Crippen LogP contribution in [0.2, 0.25) is 0 Å². The lowest BCUT2D eigenvalue weighted by Crippen LogP contribution is -2.48. The third kappa shape index (κ3) is 1.73. The van der Waals surface area contributed by atoms with Crippen molar-refractivity contribution in [1.82, 2.24) is 10.2 Å². The van der Waals surface area contributed by atoms with Gasteiger partial charge in [-0.2, -0.15) is 5.10 Å². The molecule has 0 spiro atoms. The molecule has 92 valence electrons. The lowest BCUT2D eigenvalue weighted by molar-refractivity contribution is -0.131. The number of carbonyl (C=O) groups excluding carboxylic acids is 1. The van der Waals surface area contributed by atoms with Crippen LogP contribution in [0.15, 0.2) is 0 Å². The van der Waals surface area contributed by atoms with Crippen molar-refractivity contribution in [3.63, 3.8) is 0 Å². The molecule has 1 amide bonds. The molecule has 1 aromatic rings. The Bertz CT molecular complexity index is 482. The number of nitrogens with zero attached hydrogens (tertiary/aromatic N) is 1. The molecule has 0 saturated heterocycles. The van der Waals surface area contributed by atoms with Gasteiger partial charge in [0.05, 0.1) is 0 Å². The van der Waals surface area contributed by atoms with E-state index in [1.165, 1.54) is 0 Å². The summed E-state index contributed by atoms with van der Waals surface area (Å²) in [7, 11) is 0. The third-order valence-corrected chi connectivity index (χ3v) is 2.70. The molecule has 1 atom stereocenters. The molecule has 0 aliphatic carbocycles. The fraction of sp³-hybridized carbons (Fsp3) is 0.500. The number of amides is 1. The van der Waals surface area contributed by atoms with E-state index in [9.17, 15) is 9.59 Å². The first-order valence-corrected chi connectivity index (χ1v) is 5.30. The molecule has 0 saturated carbocycles. The molecule has 3 N–H and O–H groups in total. The quantitative estimate of drug-likeness (QED) is 0.729. The number of carboxylic acid groups (broad SMARTS) is 1. The number of fused-ring (bicyclic) bond motifs is 1. The Morgan fingerprint density at radius 2 is 2.29 bits per heavy atom. The highest BCUT2D eigenvalue weighted by Crippen LogP contribution is 2.36.